The number of hydrogen-bond donors (Lipinski definition) is 3. The van der Waals surface area contributed by atoms with Crippen LogP contribution >= 0.6 is 0 Å². The van der Waals surface area contributed by atoms with Crippen molar-refractivity contribution in [2.75, 3.05) is 26.2 Å². The van der Waals surface area contributed by atoms with Crippen molar-refractivity contribution in [3.8, 4) is 0 Å². The fourth-order valence-corrected chi connectivity index (χ4v) is 2.25. The Morgan fingerprint density at radius 1 is 1.18 bits per heavy atom. The van der Waals surface area contributed by atoms with Crippen LogP contribution in [0.2, 0.25) is 0 Å². The molecule has 1 aromatic carbocycles. The molecule has 3 N–H and O–H groups in total. The smallest absolute Gasteiger partial charge is 0.191 e. The second kappa shape index (κ2) is 11.1. The van der Waals surface area contributed by atoms with Gasteiger partial charge in [0.2, 0.25) is 0 Å². The highest BCUT2D eigenvalue weighted by Crippen LogP contribution is 2.14. The number of aliphatic hydroxyl groups excluding tert-OH is 1. The third kappa shape index (κ3) is 7.46. The van der Waals surface area contributed by atoms with Gasteiger partial charge in [-0.25, -0.2) is 0 Å². The van der Waals surface area contributed by atoms with Gasteiger partial charge in [-0.3, -0.25) is 4.99 Å². The molecule has 1 unspecified atom stereocenters. The lowest BCUT2D eigenvalue weighted by Crippen LogP contribution is -2.38. The summed E-state index contributed by atoms with van der Waals surface area (Å²) < 4.78 is 0. The Labute approximate surface area is 135 Å². The molecular formula is C18H31N3O. The van der Waals surface area contributed by atoms with Crippen molar-refractivity contribution in [3.05, 3.63) is 35.9 Å². The number of nitrogens with zero attached hydrogens (tertiary/aromatic N) is 1. The Morgan fingerprint density at radius 3 is 2.50 bits per heavy atom. The summed E-state index contributed by atoms with van der Waals surface area (Å²) in [6.07, 6.45) is 2.36. The van der Waals surface area contributed by atoms with Crippen LogP contribution in [0.1, 0.15) is 45.1 Å². The molecule has 22 heavy (non-hydrogen) atoms. The molecule has 4 heteroatoms. The van der Waals surface area contributed by atoms with Gasteiger partial charge in [-0.2, -0.15) is 0 Å². The maximum absolute atomic E-state index is 9.59. The number of benzene rings is 1. The predicted octanol–water partition coefficient (Wildman–Crippen LogP) is 2.75. The lowest BCUT2D eigenvalue weighted by Gasteiger charge is -2.15. The van der Waals surface area contributed by atoms with Gasteiger partial charge in [-0.05, 0) is 31.2 Å². The first-order valence-electron chi connectivity index (χ1n) is 8.35. The van der Waals surface area contributed by atoms with E-state index in [0.717, 1.165) is 37.0 Å². The predicted molar refractivity (Wildman–Crippen MR) is 94.3 cm³/mol. The third-order valence-corrected chi connectivity index (χ3v) is 3.56. The van der Waals surface area contributed by atoms with Crippen molar-refractivity contribution in [2.24, 2.45) is 10.9 Å². The fraction of sp³-hybridized carbons (Fsp3) is 0.611. The SMILES string of the molecule is CCNC(=NCC(CO)c1ccccc1)NCCCC(C)C. The summed E-state index contributed by atoms with van der Waals surface area (Å²) >= 11 is 0. The van der Waals surface area contributed by atoms with E-state index in [1.807, 2.05) is 30.3 Å². The molecule has 124 valence electrons. The Balaban J connectivity index is 2.52. The second-order valence-electron chi connectivity index (χ2n) is 5.97. The first kappa shape index (κ1) is 18.5. The number of rotatable bonds is 9. The van der Waals surface area contributed by atoms with Gasteiger partial charge in [0, 0.05) is 19.0 Å². The molecule has 0 aromatic heterocycles. The normalized spacial score (nSPS) is 13.2. The van der Waals surface area contributed by atoms with Gasteiger partial charge >= 0.3 is 0 Å². The molecule has 0 heterocycles. The van der Waals surface area contributed by atoms with Crippen molar-refractivity contribution in [3.63, 3.8) is 0 Å². The summed E-state index contributed by atoms with van der Waals surface area (Å²) in [5.74, 6) is 1.62. The molecule has 0 fully saturated rings. The zero-order valence-corrected chi connectivity index (χ0v) is 14.2. The Hall–Kier alpha value is -1.55. The molecule has 0 saturated heterocycles. The zero-order chi connectivity index (χ0) is 16.2. The first-order valence-corrected chi connectivity index (χ1v) is 8.35. The Morgan fingerprint density at radius 2 is 1.91 bits per heavy atom. The van der Waals surface area contributed by atoms with Gasteiger partial charge in [-0.15, -0.1) is 0 Å². The number of hydrogen-bond acceptors (Lipinski definition) is 2. The van der Waals surface area contributed by atoms with Crippen molar-refractivity contribution < 1.29 is 5.11 Å². The van der Waals surface area contributed by atoms with Crippen molar-refractivity contribution in [2.45, 2.75) is 39.5 Å². The molecule has 0 bridgehead atoms. The Kier molecular flexibility index (Phi) is 9.31. The molecule has 0 amide bonds. The highest BCUT2D eigenvalue weighted by molar-refractivity contribution is 5.79. The summed E-state index contributed by atoms with van der Waals surface area (Å²) in [7, 11) is 0. The minimum Gasteiger partial charge on any atom is -0.396 e. The van der Waals surface area contributed by atoms with Crippen LogP contribution < -0.4 is 10.6 Å². The van der Waals surface area contributed by atoms with E-state index in [9.17, 15) is 5.11 Å². The van der Waals surface area contributed by atoms with Crippen LogP contribution in [-0.4, -0.2) is 37.3 Å². The van der Waals surface area contributed by atoms with E-state index in [0.29, 0.717) is 6.54 Å². The molecule has 0 aliphatic heterocycles. The van der Waals surface area contributed by atoms with E-state index in [4.69, 9.17) is 0 Å². The van der Waals surface area contributed by atoms with Gasteiger partial charge in [0.1, 0.15) is 0 Å². The molecular weight excluding hydrogens is 274 g/mol. The number of aliphatic imine (C=N–C) groups is 1. The molecule has 4 nitrogen and oxygen atoms in total. The zero-order valence-electron chi connectivity index (χ0n) is 14.2. The van der Waals surface area contributed by atoms with E-state index in [1.54, 1.807) is 0 Å². The average Bonchev–Trinajstić information content (AvgIpc) is 2.52. The summed E-state index contributed by atoms with van der Waals surface area (Å²) in [5, 5.41) is 16.2. The van der Waals surface area contributed by atoms with Crippen molar-refractivity contribution in [1.82, 2.24) is 10.6 Å². The van der Waals surface area contributed by atoms with E-state index >= 15 is 0 Å². The maximum atomic E-state index is 9.59. The maximum Gasteiger partial charge on any atom is 0.191 e. The quantitative estimate of drug-likeness (QED) is 0.373. The van der Waals surface area contributed by atoms with E-state index in [1.165, 1.54) is 6.42 Å². The minimum atomic E-state index is 0.0484. The molecule has 0 aliphatic carbocycles. The van der Waals surface area contributed by atoms with E-state index in [-0.39, 0.29) is 12.5 Å². The molecule has 1 aromatic rings. The monoisotopic (exact) mass is 305 g/mol. The third-order valence-electron chi connectivity index (χ3n) is 3.56. The van der Waals surface area contributed by atoms with Gasteiger partial charge < -0.3 is 15.7 Å². The molecule has 1 atom stereocenters. The Bertz CT molecular complexity index is 418. The molecule has 0 saturated carbocycles. The summed E-state index contributed by atoms with van der Waals surface area (Å²) in [5.41, 5.74) is 1.13. The minimum absolute atomic E-state index is 0.0484. The van der Waals surface area contributed by atoms with Crippen LogP contribution in [0.3, 0.4) is 0 Å². The first-order chi connectivity index (χ1) is 10.7. The molecule has 0 aliphatic rings. The molecule has 1 rings (SSSR count). The topological polar surface area (TPSA) is 56.7 Å². The van der Waals surface area contributed by atoms with E-state index < -0.39 is 0 Å². The van der Waals surface area contributed by atoms with Crippen LogP contribution in [0.15, 0.2) is 35.3 Å². The lowest BCUT2D eigenvalue weighted by molar-refractivity contribution is 0.268. The van der Waals surface area contributed by atoms with Crippen molar-refractivity contribution >= 4 is 5.96 Å². The summed E-state index contributed by atoms with van der Waals surface area (Å²) in [4.78, 5) is 4.61. The lowest BCUT2D eigenvalue weighted by atomic mass is 10.0. The fourth-order valence-electron chi connectivity index (χ4n) is 2.25. The van der Waals surface area contributed by atoms with Crippen LogP contribution in [0.25, 0.3) is 0 Å². The van der Waals surface area contributed by atoms with Crippen LogP contribution in [-0.2, 0) is 0 Å². The van der Waals surface area contributed by atoms with Gasteiger partial charge in [0.15, 0.2) is 5.96 Å². The molecule has 0 radical (unpaired) electrons. The van der Waals surface area contributed by atoms with E-state index in [2.05, 4.69) is 36.4 Å². The van der Waals surface area contributed by atoms with Crippen LogP contribution in [0.4, 0.5) is 0 Å². The van der Waals surface area contributed by atoms with Crippen LogP contribution in [0, 0.1) is 5.92 Å². The standard InChI is InChI=1S/C18H31N3O/c1-4-19-18(20-12-8-9-15(2)3)21-13-17(14-22)16-10-6-5-7-11-16/h5-7,10-11,15,17,22H,4,8-9,12-14H2,1-3H3,(H2,19,20,21). The summed E-state index contributed by atoms with van der Waals surface area (Å²) in [6.45, 7) is 9.01. The van der Waals surface area contributed by atoms with Crippen LogP contribution in [0.5, 0.6) is 0 Å². The largest absolute Gasteiger partial charge is 0.396 e. The summed E-state index contributed by atoms with van der Waals surface area (Å²) in [6, 6.07) is 10.1. The molecule has 0 spiro atoms. The average molecular weight is 305 g/mol. The van der Waals surface area contributed by atoms with Gasteiger partial charge in [-0.1, -0.05) is 44.2 Å². The highest BCUT2D eigenvalue weighted by Gasteiger charge is 2.09. The second-order valence-corrected chi connectivity index (χ2v) is 5.97. The van der Waals surface area contributed by atoms with Gasteiger partial charge in [0.05, 0.1) is 13.2 Å². The number of nitrogens with one attached hydrogen (secondary N) is 2. The van der Waals surface area contributed by atoms with Crippen molar-refractivity contribution in [1.29, 1.82) is 0 Å². The number of guanidine groups is 1. The van der Waals surface area contributed by atoms with Gasteiger partial charge in [0.25, 0.3) is 0 Å². The number of aliphatic hydroxyl groups is 1. The highest BCUT2D eigenvalue weighted by atomic mass is 16.3.